The van der Waals surface area contributed by atoms with Crippen LogP contribution in [0.1, 0.15) is 49.8 Å². The van der Waals surface area contributed by atoms with Gasteiger partial charge in [-0.2, -0.15) is 4.31 Å². The van der Waals surface area contributed by atoms with E-state index >= 15 is 0 Å². The van der Waals surface area contributed by atoms with E-state index in [0.717, 1.165) is 43.2 Å². The van der Waals surface area contributed by atoms with E-state index in [1.54, 1.807) is 22.5 Å². The highest BCUT2D eigenvalue weighted by atomic mass is 32.2. The maximum absolute atomic E-state index is 13.7. The number of hydrogen-bond acceptors (Lipinski definition) is 2. The van der Waals surface area contributed by atoms with Gasteiger partial charge < -0.3 is 0 Å². The van der Waals surface area contributed by atoms with Crippen molar-refractivity contribution in [2.45, 2.75) is 50.0 Å². The number of halogens is 1. The lowest BCUT2D eigenvalue weighted by Crippen LogP contribution is -2.34. The largest absolute Gasteiger partial charge is 0.243 e. The van der Waals surface area contributed by atoms with E-state index < -0.39 is 10.0 Å². The Kier molecular flexibility index (Phi) is 5.54. The molecule has 5 heteroatoms. The summed E-state index contributed by atoms with van der Waals surface area (Å²) in [5.41, 5.74) is 1.84. The van der Waals surface area contributed by atoms with Crippen molar-refractivity contribution in [3.8, 4) is 0 Å². The summed E-state index contributed by atoms with van der Waals surface area (Å²) in [6, 6.07) is 13.1. The summed E-state index contributed by atoms with van der Waals surface area (Å²) in [6.45, 7) is 2.51. The maximum Gasteiger partial charge on any atom is 0.243 e. The van der Waals surface area contributed by atoms with Crippen molar-refractivity contribution in [1.29, 1.82) is 0 Å². The molecule has 3 nitrogen and oxygen atoms in total. The Hall–Kier alpha value is -1.72. The molecule has 0 radical (unpaired) electrons. The van der Waals surface area contributed by atoms with Gasteiger partial charge in [0.25, 0.3) is 0 Å². The molecule has 2 aromatic carbocycles. The first-order chi connectivity index (χ1) is 12.0. The normalized spacial score (nSPS) is 19.5. The lowest BCUT2D eigenvalue weighted by molar-refractivity contribution is 0.328. The summed E-state index contributed by atoms with van der Waals surface area (Å²) >= 11 is 0. The van der Waals surface area contributed by atoms with E-state index in [2.05, 4.69) is 0 Å². The topological polar surface area (TPSA) is 37.4 Å². The minimum atomic E-state index is -3.61. The fourth-order valence-corrected chi connectivity index (χ4v) is 5.13. The van der Waals surface area contributed by atoms with Gasteiger partial charge in [-0.1, -0.05) is 44.0 Å². The molecule has 1 heterocycles. The van der Waals surface area contributed by atoms with Crippen LogP contribution in [-0.4, -0.2) is 19.3 Å². The average molecular weight is 361 g/mol. The van der Waals surface area contributed by atoms with Gasteiger partial charge in [-0.3, -0.25) is 0 Å². The van der Waals surface area contributed by atoms with Crippen molar-refractivity contribution < 1.29 is 12.8 Å². The lowest BCUT2D eigenvalue weighted by atomic mass is 10.0. The summed E-state index contributed by atoms with van der Waals surface area (Å²) in [5, 5.41) is 0. The summed E-state index contributed by atoms with van der Waals surface area (Å²) < 4.78 is 41.7. The third kappa shape index (κ3) is 3.93. The molecule has 0 aliphatic carbocycles. The lowest BCUT2D eigenvalue weighted by Gasteiger charge is -2.29. The molecule has 2 aromatic rings. The van der Waals surface area contributed by atoms with Crippen LogP contribution in [0.2, 0.25) is 0 Å². The Morgan fingerprint density at radius 2 is 1.84 bits per heavy atom. The molecule has 3 rings (SSSR count). The van der Waals surface area contributed by atoms with Gasteiger partial charge in [0.15, 0.2) is 0 Å². The van der Waals surface area contributed by atoms with Gasteiger partial charge in [0.1, 0.15) is 5.82 Å². The van der Waals surface area contributed by atoms with E-state index in [1.165, 1.54) is 12.1 Å². The first kappa shape index (κ1) is 18.1. The second-order valence-corrected chi connectivity index (χ2v) is 8.42. The van der Waals surface area contributed by atoms with E-state index in [4.69, 9.17) is 0 Å². The van der Waals surface area contributed by atoms with Crippen LogP contribution in [-0.2, 0) is 16.4 Å². The molecule has 0 unspecified atom stereocenters. The predicted octanol–water partition coefficient (Wildman–Crippen LogP) is 4.69. The molecule has 134 valence electrons. The van der Waals surface area contributed by atoms with Gasteiger partial charge in [-0.15, -0.1) is 0 Å². The summed E-state index contributed by atoms with van der Waals surface area (Å²) in [7, 11) is -3.61. The van der Waals surface area contributed by atoms with E-state index in [-0.39, 0.29) is 11.9 Å². The van der Waals surface area contributed by atoms with Crippen LogP contribution in [0.5, 0.6) is 0 Å². The van der Waals surface area contributed by atoms with Gasteiger partial charge in [-0.25, -0.2) is 12.8 Å². The van der Waals surface area contributed by atoms with Gasteiger partial charge in [0.2, 0.25) is 10.0 Å². The molecule has 1 aliphatic rings. The molecule has 0 N–H and O–H groups in total. The third-order valence-corrected chi connectivity index (χ3v) is 6.80. The maximum atomic E-state index is 13.7. The Balaban J connectivity index is 1.99. The van der Waals surface area contributed by atoms with E-state index in [9.17, 15) is 12.8 Å². The van der Waals surface area contributed by atoms with Gasteiger partial charge in [0, 0.05) is 6.54 Å². The third-order valence-electron chi connectivity index (χ3n) is 4.88. The molecule has 0 saturated carbocycles. The zero-order valence-electron chi connectivity index (χ0n) is 14.5. The average Bonchev–Trinajstić information content (AvgIpc) is 2.88. The minimum absolute atomic E-state index is 0.311. The molecular formula is C20H24FNO2S. The first-order valence-electron chi connectivity index (χ1n) is 8.88. The number of nitrogens with zero attached hydrogens (tertiary/aromatic N) is 1. The second kappa shape index (κ2) is 7.67. The smallest absolute Gasteiger partial charge is 0.207 e. The molecule has 0 amide bonds. The Morgan fingerprint density at radius 3 is 2.52 bits per heavy atom. The van der Waals surface area contributed by atoms with Crippen LogP contribution < -0.4 is 0 Å². The van der Waals surface area contributed by atoms with Crippen molar-refractivity contribution in [3.63, 3.8) is 0 Å². The quantitative estimate of drug-likeness (QED) is 0.792. The fourth-order valence-electron chi connectivity index (χ4n) is 3.45. The van der Waals surface area contributed by atoms with E-state index in [0.29, 0.717) is 11.4 Å². The van der Waals surface area contributed by atoms with Gasteiger partial charge in [-0.05, 0) is 54.7 Å². The second-order valence-electron chi connectivity index (χ2n) is 6.53. The number of benzene rings is 2. The molecule has 25 heavy (non-hydrogen) atoms. The van der Waals surface area contributed by atoms with Crippen LogP contribution in [0.15, 0.2) is 53.4 Å². The zero-order valence-corrected chi connectivity index (χ0v) is 15.3. The van der Waals surface area contributed by atoms with Crippen molar-refractivity contribution in [2.24, 2.45) is 0 Å². The molecule has 1 aliphatic heterocycles. The Bertz CT molecular complexity index is 818. The highest BCUT2D eigenvalue weighted by molar-refractivity contribution is 7.89. The van der Waals surface area contributed by atoms with Crippen LogP contribution in [0.3, 0.4) is 0 Å². The van der Waals surface area contributed by atoms with Crippen LogP contribution >= 0.6 is 0 Å². The van der Waals surface area contributed by atoms with Gasteiger partial charge >= 0.3 is 0 Å². The molecule has 0 spiro atoms. The first-order valence-corrected chi connectivity index (χ1v) is 10.3. The van der Waals surface area contributed by atoms with Crippen molar-refractivity contribution in [3.05, 3.63) is 65.5 Å². The minimum Gasteiger partial charge on any atom is -0.207 e. The number of hydrogen-bond donors (Lipinski definition) is 0. The summed E-state index contributed by atoms with van der Waals surface area (Å²) in [5.74, 6) is -0.327. The molecule has 1 fully saturated rings. The molecule has 1 saturated heterocycles. The van der Waals surface area contributed by atoms with Crippen molar-refractivity contribution in [2.75, 3.05) is 6.54 Å². The van der Waals surface area contributed by atoms with E-state index in [1.807, 2.05) is 25.1 Å². The number of rotatable bonds is 4. The predicted molar refractivity (Wildman–Crippen MR) is 97.3 cm³/mol. The highest BCUT2D eigenvalue weighted by Crippen LogP contribution is 2.34. The molecular weight excluding hydrogens is 337 g/mol. The summed E-state index contributed by atoms with van der Waals surface area (Å²) in [4.78, 5) is 0.313. The fraction of sp³-hybridized carbons (Fsp3) is 0.400. The van der Waals surface area contributed by atoms with Gasteiger partial charge in [0.05, 0.1) is 10.9 Å². The number of sulfonamides is 1. The summed E-state index contributed by atoms with van der Waals surface area (Å²) in [6.07, 6.45) is 4.36. The monoisotopic (exact) mass is 361 g/mol. The molecule has 0 bridgehead atoms. The SMILES string of the molecule is CCc1ccc(S(=O)(=O)N2CCCCC[C@H]2c2cccc(F)c2)cc1. The molecule has 0 aromatic heterocycles. The Morgan fingerprint density at radius 1 is 1.08 bits per heavy atom. The van der Waals surface area contributed by atoms with Crippen molar-refractivity contribution in [1.82, 2.24) is 4.31 Å². The van der Waals surface area contributed by atoms with Crippen LogP contribution in [0.4, 0.5) is 4.39 Å². The standard InChI is InChI=1S/C20H24FNO2S/c1-2-16-10-12-19(13-11-16)25(23,24)22-14-5-3-4-9-20(22)17-7-6-8-18(21)15-17/h6-8,10-13,15,20H,2-5,9,14H2,1H3/t20-/m0/s1. The zero-order chi connectivity index (χ0) is 17.9. The van der Waals surface area contributed by atoms with Crippen molar-refractivity contribution >= 4 is 10.0 Å². The van der Waals surface area contributed by atoms with Crippen LogP contribution in [0.25, 0.3) is 0 Å². The highest BCUT2D eigenvalue weighted by Gasteiger charge is 2.33. The number of aryl methyl sites for hydroxylation is 1. The van der Waals surface area contributed by atoms with Crippen LogP contribution in [0, 0.1) is 5.82 Å². The molecule has 1 atom stereocenters. The Labute approximate surface area is 149 Å².